The van der Waals surface area contributed by atoms with Crippen molar-refractivity contribution >= 4 is 17.3 Å². The predicted molar refractivity (Wildman–Crippen MR) is 124 cm³/mol. The Morgan fingerprint density at radius 2 is 1.94 bits per heavy atom. The average molecular weight is 456 g/mol. The quantitative estimate of drug-likeness (QED) is 0.514. The number of benzene rings is 2. The van der Waals surface area contributed by atoms with Gasteiger partial charge in [-0.05, 0) is 55.4 Å². The van der Waals surface area contributed by atoms with Crippen LogP contribution in [0.2, 0.25) is 0 Å². The van der Waals surface area contributed by atoms with E-state index in [0.717, 1.165) is 37.2 Å². The summed E-state index contributed by atoms with van der Waals surface area (Å²) < 4.78 is 19.5. The van der Waals surface area contributed by atoms with Crippen LogP contribution < -0.4 is 10.2 Å². The van der Waals surface area contributed by atoms with Gasteiger partial charge in [0.15, 0.2) is 0 Å². The smallest absolute Gasteiger partial charge is 0.270 e. The molecule has 8 heteroatoms. The fourth-order valence-corrected chi connectivity index (χ4v) is 4.84. The topological polar surface area (TPSA) is 84.7 Å². The summed E-state index contributed by atoms with van der Waals surface area (Å²) in [5, 5.41) is 14.4. The fourth-order valence-electron chi connectivity index (χ4n) is 4.84. The molecule has 2 saturated heterocycles. The van der Waals surface area contributed by atoms with Gasteiger partial charge in [-0.3, -0.25) is 14.9 Å². The molecule has 2 aromatic carbocycles. The molecule has 0 spiro atoms. The lowest BCUT2D eigenvalue weighted by Gasteiger charge is -2.38. The number of ether oxygens (including phenoxy) is 1. The normalized spacial score (nSPS) is 18.7. The van der Waals surface area contributed by atoms with Crippen molar-refractivity contribution in [3.8, 4) is 0 Å². The molecule has 0 bridgehead atoms. The highest BCUT2D eigenvalue weighted by Crippen LogP contribution is 2.35. The molecule has 2 heterocycles. The van der Waals surface area contributed by atoms with Crippen LogP contribution in [0.25, 0.3) is 0 Å². The van der Waals surface area contributed by atoms with Crippen LogP contribution in [0.5, 0.6) is 0 Å². The maximum Gasteiger partial charge on any atom is 0.270 e. The lowest BCUT2D eigenvalue weighted by atomic mass is 9.74. The lowest BCUT2D eigenvalue weighted by Crippen LogP contribution is -2.45. The molecule has 2 fully saturated rings. The van der Waals surface area contributed by atoms with E-state index in [2.05, 4.69) is 17.1 Å². The minimum atomic E-state index is -0.481. The van der Waals surface area contributed by atoms with Crippen molar-refractivity contribution in [3.05, 3.63) is 69.5 Å². The first-order chi connectivity index (χ1) is 15.9. The molecule has 0 aliphatic carbocycles. The van der Waals surface area contributed by atoms with Gasteiger partial charge in [-0.2, -0.15) is 0 Å². The van der Waals surface area contributed by atoms with Gasteiger partial charge in [0.1, 0.15) is 5.82 Å². The number of nitro groups is 1. The van der Waals surface area contributed by atoms with Crippen molar-refractivity contribution in [1.82, 2.24) is 5.32 Å². The van der Waals surface area contributed by atoms with Crippen molar-refractivity contribution < 1.29 is 18.8 Å². The largest absolute Gasteiger partial charge is 0.381 e. The predicted octanol–water partition coefficient (Wildman–Crippen LogP) is 4.45. The summed E-state index contributed by atoms with van der Waals surface area (Å²) >= 11 is 0. The van der Waals surface area contributed by atoms with Crippen LogP contribution in [0.3, 0.4) is 0 Å². The molecule has 0 unspecified atom stereocenters. The molecule has 0 radical (unpaired) electrons. The van der Waals surface area contributed by atoms with Crippen LogP contribution >= 0.6 is 0 Å². The molecule has 0 atom stereocenters. The van der Waals surface area contributed by atoms with Crippen molar-refractivity contribution in [2.45, 2.75) is 38.0 Å². The standard InChI is InChI=1S/C25H30FN3O4/c1-18-7-11-28(12-8-18)23-6-5-21(29(31)32)16-22(23)24(30)27-17-25(9-13-33-14-10-25)19-3-2-4-20(26)15-19/h2-6,15-16,18H,7-14,17H2,1H3,(H,27,30). The number of hydrogen-bond donors (Lipinski definition) is 1. The van der Waals surface area contributed by atoms with Crippen LogP contribution in [0.15, 0.2) is 42.5 Å². The number of hydrogen-bond acceptors (Lipinski definition) is 5. The third kappa shape index (κ3) is 5.16. The fraction of sp³-hybridized carbons (Fsp3) is 0.480. The third-order valence-corrected chi connectivity index (χ3v) is 7.03. The summed E-state index contributed by atoms with van der Waals surface area (Å²) in [6.45, 7) is 5.19. The molecule has 176 valence electrons. The molecule has 33 heavy (non-hydrogen) atoms. The van der Waals surface area contributed by atoms with Crippen LogP contribution in [0, 0.1) is 21.8 Å². The monoisotopic (exact) mass is 455 g/mol. The van der Waals surface area contributed by atoms with Gasteiger partial charge < -0.3 is 15.0 Å². The van der Waals surface area contributed by atoms with Gasteiger partial charge in [-0.15, -0.1) is 0 Å². The summed E-state index contributed by atoms with van der Waals surface area (Å²) in [7, 11) is 0. The second-order valence-electron chi connectivity index (χ2n) is 9.21. The maximum atomic E-state index is 14.0. The van der Waals surface area contributed by atoms with Crippen molar-refractivity contribution in [1.29, 1.82) is 0 Å². The number of nitrogens with one attached hydrogen (secondary N) is 1. The molecular formula is C25H30FN3O4. The first kappa shape index (κ1) is 23.2. The Labute approximate surface area is 193 Å². The number of rotatable bonds is 6. The number of amides is 1. The number of nitrogens with zero attached hydrogens (tertiary/aromatic N) is 2. The van der Waals surface area contributed by atoms with E-state index in [4.69, 9.17) is 4.74 Å². The second kappa shape index (κ2) is 9.87. The number of nitro benzene ring substituents is 1. The molecule has 2 aromatic rings. The van der Waals surface area contributed by atoms with E-state index >= 15 is 0 Å². The molecule has 0 saturated carbocycles. The zero-order valence-electron chi connectivity index (χ0n) is 18.9. The van der Waals surface area contributed by atoms with Crippen LogP contribution in [0.1, 0.15) is 48.5 Å². The highest BCUT2D eigenvalue weighted by molar-refractivity contribution is 6.00. The summed E-state index contributed by atoms with van der Waals surface area (Å²) in [5.74, 6) is -0.0456. The van der Waals surface area contributed by atoms with Gasteiger partial charge in [0.25, 0.3) is 11.6 Å². The number of halogens is 1. The molecule has 1 N–H and O–H groups in total. The number of carbonyl (C=O) groups excluding carboxylic acids is 1. The van der Waals surface area contributed by atoms with Gasteiger partial charge in [-0.25, -0.2) is 4.39 Å². The highest BCUT2D eigenvalue weighted by atomic mass is 19.1. The van der Waals surface area contributed by atoms with Gasteiger partial charge in [0, 0.05) is 50.4 Å². The Morgan fingerprint density at radius 1 is 1.21 bits per heavy atom. The molecule has 0 aromatic heterocycles. The first-order valence-electron chi connectivity index (χ1n) is 11.5. The Morgan fingerprint density at radius 3 is 2.61 bits per heavy atom. The molecule has 1 amide bonds. The minimum absolute atomic E-state index is 0.111. The summed E-state index contributed by atoms with van der Waals surface area (Å²) in [4.78, 5) is 26.4. The third-order valence-electron chi connectivity index (χ3n) is 7.03. The Kier molecular flexibility index (Phi) is 6.93. The van der Waals surface area contributed by atoms with E-state index < -0.39 is 10.3 Å². The van der Waals surface area contributed by atoms with Gasteiger partial charge in [-0.1, -0.05) is 19.1 Å². The van der Waals surface area contributed by atoms with E-state index in [-0.39, 0.29) is 17.4 Å². The van der Waals surface area contributed by atoms with Crippen LogP contribution in [0.4, 0.5) is 15.8 Å². The Balaban J connectivity index is 1.60. The van der Waals surface area contributed by atoms with Crippen molar-refractivity contribution in [2.24, 2.45) is 5.92 Å². The Bertz CT molecular complexity index is 1010. The number of non-ortho nitro benzene ring substituents is 1. The molecule has 7 nitrogen and oxygen atoms in total. The number of piperidine rings is 1. The lowest BCUT2D eigenvalue weighted by molar-refractivity contribution is -0.384. The van der Waals surface area contributed by atoms with Crippen molar-refractivity contribution in [2.75, 3.05) is 37.7 Å². The molecule has 2 aliphatic rings. The average Bonchev–Trinajstić information content (AvgIpc) is 2.83. The van der Waals surface area contributed by atoms with Crippen molar-refractivity contribution in [3.63, 3.8) is 0 Å². The van der Waals surface area contributed by atoms with Gasteiger partial charge in [0.05, 0.1) is 16.2 Å². The van der Waals surface area contributed by atoms with Crippen LogP contribution in [-0.4, -0.2) is 43.7 Å². The SMILES string of the molecule is CC1CCN(c2ccc([N+](=O)[O-])cc2C(=O)NCC2(c3cccc(F)c3)CCOCC2)CC1. The van der Waals surface area contributed by atoms with E-state index in [1.807, 2.05) is 6.07 Å². The van der Waals surface area contributed by atoms with E-state index in [9.17, 15) is 19.3 Å². The molecule has 4 rings (SSSR count). The summed E-state index contributed by atoms with van der Waals surface area (Å²) in [6, 6.07) is 11.0. The second-order valence-corrected chi connectivity index (χ2v) is 9.21. The van der Waals surface area contributed by atoms with E-state index in [0.29, 0.717) is 44.1 Å². The number of anilines is 1. The first-order valence-corrected chi connectivity index (χ1v) is 11.5. The molecule has 2 aliphatic heterocycles. The van der Waals surface area contributed by atoms with Gasteiger partial charge in [0.2, 0.25) is 0 Å². The summed E-state index contributed by atoms with van der Waals surface area (Å²) in [5.41, 5.74) is 1.30. The highest BCUT2D eigenvalue weighted by Gasteiger charge is 2.35. The van der Waals surface area contributed by atoms with Gasteiger partial charge >= 0.3 is 0 Å². The maximum absolute atomic E-state index is 14.0. The number of carbonyl (C=O) groups is 1. The van der Waals surface area contributed by atoms with Crippen LogP contribution in [-0.2, 0) is 10.2 Å². The molecular weight excluding hydrogens is 425 g/mol. The Hall–Kier alpha value is -3.00. The zero-order valence-corrected chi connectivity index (χ0v) is 18.9. The van der Waals surface area contributed by atoms with E-state index in [1.165, 1.54) is 24.3 Å². The zero-order chi connectivity index (χ0) is 23.4. The minimum Gasteiger partial charge on any atom is -0.381 e. The van der Waals surface area contributed by atoms with E-state index in [1.54, 1.807) is 12.1 Å². The summed E-state index contributed by atoms with van der Waals surface area (Å²) in [6.07, 6.45) is 3.34.